The average molecular weight is 403 g/mol. The van der Waals surface area contributed by atoms with Gasteiger partial charge < -0.3 is 15.4 Å². The molecule has 2 N–H and O–H groups in total. The van der Waals surface area contributed by atoms with Gasteiger partial charge >= 0.3 is 0 Å². The minimum Gasteiger partial charge on any atom is -0.494 e. The fraction of sp³-hybridized carbons (Fsp3) is 0.269. The molecule has 0 aliphatic heterocycles. The summed E-state index contributed by atoms with van der Waals surface area (Å²) in [4.78, 5) is 12.4. The molecule has 3 aromatic rings. The van der Waals surface area contributed by atoms with Crippen LogP contribution in [0.3, 0.4) is 0 Å². The Labute approximate surface area is 179 Å². The maximum Gasteiger partial charge on any atom is 0.243 e. The molecular weight excluding hydrogens is 372 g/mol. The van der Waals surface area contributed by atoms with E-state index in [1.807, 2.05) is 54.6 Å². The van der Waals surface area contributed by atoms with Crippen molar-refractivity contribution in [3.63, 3.8) is 0 Å². The number of carbonyl (C=O) groups is 1. The Morgan fingerprint density at radius 2 is 1.70 bits per heavy atom. The Hall–Kier alpha value is -3.27. The van der Waals surface area contributed by atoms with Gasteiger partial charge in [0.15, 0.2) is 0 Å². The number of aryl methyl sites for hydroxylation is 1. The number of ether oxygens (including phenoxy) is 1. The first-order valence-electron chi connectivity index (χ1n) is 10.5. The van der Waals surface area contributed by atoms with Gasteiger partial charge in [-0.2, -0.15) is 0 Å². The normalized spacial score (nSPS) is 10.6. The fourth-order valence-electron chi connectivity index (χ4n) is 3.30. The first-order chi connectivity index (χ1) is 14.6. The molecule has 156 valence electrons. The molecule has 0 aliphatic rings. The number of benzene rings is 3. The Morgan fingerprint density at radius 1 is 0.933 bits per heavy atom. The molecule has 3 aromatic carbocycles. The summed E-state index contributed by atoms with van der Waals surface area (Å²) in [6, 6.07) is 26.1. The predicted molar refractivity (Wildman–Crippen MR) is 124 cm³/mol. The van der Waals surface area contributed by atoms with Crippen LogP contribution in [-0.4, -0.2) is 19.1 Å². The summed E-state index contributed by atoms with van der Waals surface area (Å²) in [5, 5.41) is 6.18. The topological polar surface area (TPSA) is 50.4 Å². The van der Waals surface area contributed by atoms with Gasteiger partial charge in [0.05, 0.1) is 13.2 Å². The molecule has 0 aliphatic carbocycles. The summed E-state index contributed by atoms with van der Waals surface area (Å²) in [6.45, 7) is 5.10. The summed E-state index contributed by atoms with van der Waals surface area (Å²) in [7, 11) is 0. The number of nitrogens with one attached hydrogen (secondary N) is 2. The van der Waals surface area contributed by atoms with Crippen molar-refractivity contribution in [3.05, 3.63) is 90.0 Å². The fourth-order valence-corrected chi connectivity index (χ4v) is 3.30. The first-order valence-corrected chi connectivity index (χ1v) is 10.5. The summed E-state index contributed by atoms with van der Waals surface area (Å²) in [5.74, 6) is 1.08. The highest BCUT2D eigenvalue weighted by Gasteiger charge is 2.09. The average Bonchev–Trinajstić information content (AvgIpc) is 2.77. The van der Waals surface area contributed by atoms with Crippen molar-refractivity contribution in [2.75, 3.05) is 23.8 Å². The van der Waals surface area contributed by atoms with Crippen LogP contribution >= 0.6 is 0 Å². The molecule has 0 bridgehead atoms. The molecule has 0 atom stereocenters. The number of hydrogen-bond acceptors (Lipinski definition) is 3. The highest BCUT2D eigenvalue weighted by molar-refractivity contribution is 5.94. The number of carbonyl (C=O) groups excluding carboxylic acids is 1. The third-order valence-corrected chi connectivity index (χ3v) is 4.87. The lowest BCUT2D eigenvalue weighted by atomic mass is 10.0. The Bertz CT molecular complexity index is 939. The molecule has 0 aromatic heterocycles. The van der Waals surface area contributed by atoms with E-state index in [9.17, 15) is 4.79 Å². The summed E-state index contributed by atoms with van der Waals surface area (Å²) < 4.78 is 5.87. The van der Waals surface area contributed by atoms with E-state index >= 15 is 0 Å². The van der Waals surface area contributed by atoms with Crippen LogP contribution in [0.2, 0.25) is 0 Å². The first kappa shape index (κ1) is 21.4. The van der Waals surface area contributed by atoms with Crippen molar-refractivity contribution in [2.45, 2.75) is 32.6 Å². The highest BCUT2D eigenvalue weighted by atomic mass is 16.5. The van der Waals surface area contributed by atoms with Crippen LogP contribution in [0.1, 0.15) is 37.3 Å². The molecule has 30 heavy (non-hydrogen) atoms. The maximum atomic E-state index is 12.4. The van der Waals surface area contributed by atoms with Crippen LogP contribution in [0, 0.1) is 0 Å². The second kappa shape index (κ2) is 11.1. The third-order valence-electron chi connectivity index (χ3n) is 4.87. The van der Waals surface area contributed by atoms with E-state index in [0.717, 1.165) is 35.5 Å². The van der Waals surface area contributed by atoms with Crippen molar-refractivity contribution in [1.82, 2.24) is 0 Å². The van der Waals surface area contributed by atoms with Crippen LogP contribution < -0.4 is 15.4 Å². The van der Waals surface area contributed by atoms with Gasteiger partial charge in [-0.1, -0.05) is 68.4 Å². The molecule has 0 radical (unpaired) electrons. The van der Waals surface area contributed by atoms with Crippen molar-refractivity contribution in [2.24, 2.45) is 0 Å². The van der Waals surface area contributed by atoms with Crippen LogP contribution in [0.5, 0.6) is 5.75 Å². The van der Waals surface area contributed by atoms with Crippen LogP contribution in [0.4, 0.5) is 11.4 Å². The van der Waals surface area contributed by atoms with E-state index in [4.69, 9.17) is 4.74 Å². The Balaban J connectivity index is 1.45. The van der Waals surface area contributed by atoms with Crippen LogP contribution in [0.15, 0.2) is 78.9 Å². The molecule has 0 heterocycles. The van der Waals surface area contributed by atoms with Gasteiger partial charge in [0.2, 0.25) is 5.91 Å². The van der Waals surface area contributed by atoms with Gasteiger partial charge in [-0.25, -0.2) is 0 Å². The number of amides is 1. The Kier molecular flexibility index (Phi) is 7.90. The highest BCUT2D eigenvalue weighted by Crippen LogP contribution is 2.23. The van der Waals surface area contributed by atoms with E-state index in [2.05, 4.69) is 48.7 Å². The summed E-state index contributed by atoms with van der Waals surface area (Å²) in [6.07, 6.45) is 1.95. The van der Waals surface area contributed by atoms with Crippen LogP contribution in [0.25, 0.3) is 0 Å². The number of rotatable bonds is 10. The number of hydrogen-bond donors (Lipinski definition) is 2. The molecular formula is C26H30N2O2. The smallest absolute Gasteiger partial charge is 0.243 e. The number of para-hydroxylation sites is 1. The molecule has 0 fully saturated rings. The second-order valence-corrected chi connectivity index (χ2v) is 7.61. The minimum atomic E-state index is -0.0720. The molecule has 4 nitrogen and oxygen atoms in total. The molecule has 0 saturated carbocycles. The van der Waals surface area contributed by atoms with Crippen molar-refractivity contribution < 1.29 is 9.53 Å². The summed E-state index contributed by atoms with van der Waals surface area (Å²) >= 11 is 0. The van der Waals surface area contributed by atoms with Gasteiger partial charge in [-0.05, 0) is 48.1 Å². The minimum absolute atomic E-state index is 0.0720. The molecule has 0 unspecified atom stereocenters. The van der Waals surface area contributed by atoms with E-state index in [1.165, 1.54) is 5.56 Å². The van der Waals surface area contributed by atoms with Crippen molar-refractivity contribution >= 4 is 17.3 Å². The standard InChI is InChI=1S/C26H30N2O2/c1-20(2)24-15-6-7-16-25(24)28-26(29)19-27-22-13-8-14-23(18-22)30-17-9-12-21-10-4-3-5-11-21/h3-8,10-11,13-16,18,20,27H,9,12,17,19H2,1-2H3,(H,28,29). The van der Waals surface area contributed by atoms with Gasteiger partial charge in [-0.15, -0.1) is 0 Å². The van der Waals surface area contributed by atoms with E-state index in [1.54, 1.807) is 0 Å². The monoisotopic (exact) mass is 402 g/mol. The van der Waals surface area contributed by atoms with E-state index in [-0.39, 0.29) is 12.5 Å². The second-order valence-electron chi connectivity index (χ2n) is 7.61. The molecule has 3 rings (SSSR count). The quantitative estimate of drug-likeness (QED) is 0.417. The zero-order chi connectivity index (χ0) is 21.2. The molecule has 0 spiro atoms. The van der Waals surface area contributed by atoms with Crippen molar-refractivity contribution in [1.29, 1.82) is 0 Å². The van der Waals surface area contributed by atoms with Gasteiger partial charge in [0, 0.05) is 17.4 Å². The largest absolute Gasteiger partial charge is 0.494 e. The maximum absolute atomic E-state index is 12.4. The zero-order valence-electron chi connectivity index (χ0n) is 17.7. The lowest BCUT2D eigenvalue weighted by Gasteiger charge is -2.14. The SMILES string of the molecule is CC(C)c1ccccc1NC(=O)CNc1cccc(OCCCc2ccccc2)c1. The van der Waals surface area contributed by atoms with Crippen molar-refractivity contribution in [3.8, 4) is 5.75 Å². The lowest BCUT2D eigenvalue weighted by Crippen LogP contribution is -2.22. The van der Waals surface area contributed by atoms with Gasteiger partial charge in [0.1, 0.15) is 5.75 Å². The molecule has 4 heteroatoms. The zero-order valence-corrected chi connectivity index (χ0v) is 17.7. The predicted octanol–water partition coefficient (Wildman–Crippen LogP) is 5.87. The van der Waals surface area contributed by atoms with E-state index < -0.39 is 0 Å². The van der Waals surface area contributed by atoms with E-state index in [0.29, 0.717) is 12.5 Å². The summed E-state index contributed by atoms with van der Waals surface area (Å²) in [5.41, 5.74) is 4.19. The number of anilines is 2. The van der Waals surface area contributed by atoms with Crippen LogP contribution in [-0.2, 0) is 11.2 Å². The molecule has 1 amide bonds. The Morgan fingerprint density at radius 3 is 2.50 bits per heavy atom. The lowest BCUT2D eigenvalue weighted by molar-refractivity contribution is -0.114. The molecule has 0 saturated heterocycles. The third kappa shape index (κ3) is 6.66. The van der Waals surface area contributed by atoms with Gasteiger partial charge in [0.25, 0.3) is 0 Å². The van der Waals surface area contributed by atoms with Gasteiger partial charge in [-0.3, -0.25) is 4.79 Å².